The Morgan fingerprint density at radius 2 is 2.29 bits per heavy atom. The molecule has 0 aromatic carbocycles. The van der Waals surface area contributed by atoms with Gasteiger partial charge in [0.1, 0.15) is 11.5 Å². The van der Waals surface area contributed by atoms with Gasteiger partial charge in [0, 0.05) is 31.7 Å². The zero-order valence-corrected chi connectivity index (χ0v) is 12.3. The summed E-state index contributed by atoms with van der Waals surface area (Å²) >= 11 is 0. The molecular weight excluding hydrogens is 268 g/mol. The van der Waals surface area contributed by atoms with Gasteiger partial charge in [-0.3, -0.25) is 14.5 Å². The number of carbonyl (C=O) groups is 2. The van der Waals surface area contributed by atoms with Gasteiger partial charge >= 0.3 is 0 Å². The zero-order valence-electron chi connectivity index (χ0n) is 12.3. The summed E-state index contributed by atoms with van der Waals surface area (Å²) in [5, 5.41) is 3.23. The lowest BCUT2D eigenvalue weighted by atomic mass is 10.0. The van der Waals surface area contributed by atoms with Gasteiger partial charge in [0.05, 0.1) is 6.54 Å². The molecule has 1 N–H and O–H groups in total. The molecule has 0 spiro atoms. The first-order chi connectivity index (χ1) is 10.2. The van der Waals surface area contributed by atoms with E-state index in [2.05, 4.69) is 10.3 Å². The highest BCUT2D eigenvalue weighted by molar-refractivity contribution is 5.80. The average Bonchev–Trinajstić information content (AvgIpc) is 2.49. The van der Waals surface area contributed by atoms with Gasteiger partial charge in [-0.2, -0.15) is 0 Å². The maximum Gasteiger partial charge on any atom is 0.237 e. The summed E-state index contributed by atoms with van der Waals surface area (Å²) in [6, 6.07) is 2.03. The van der Waals surface area contributed by atoms with E-state index in [0.717, 1.165) is 49.2 Å². The van der Waals surface area contributed by atoms with Crippen molar-refractivity contribution in [1.29, 1.82) is 0 Å². The van der Waals surface area contributed by atoms with Gasteiger partial charge in [0.25, 0.3) is 0 Å². The summed E-state index contributed by atoms with van der Waals surface area (Å²) in [6.07, 6.45) is 2.83. The van der Waals surface area contributed by atoms with Crippen molar-refractivity contribution in [2.45, 2.75) is 19.4 Å². The minimum Gasteiger partial charge on any atom is -0.370 e. The first-order valence-electron chi connectivity index (χ1n) is 7.35. The Bertz CT molecular complexity index is 573. The van der Waals surface area contributed by atoms with Crippen molar-refractivity contribution in [3.8, 4) is 0 Å². The molecule has 2 aliphatic rings. The molecular formula is C15H20N4O2. The molecule has 3 rings (SSSR count). The van der Waals surface area contributed by atoms with Gasteiger partial charge in [-0.1, -0.05) is 0 Å². The third-order valence-corrected chi connectivity index (χ3v) is 4.11. The van der Waals surface area contributed by atoms with Crippen molar-refractivity contribution in [3.63, 3.8) is 0 Å². The van der Waals surface area contributed by atoms with Gasteiger partial charge < -0.3 is 10.2 Å². The first kappa shape index (κ1) is 14.0. The molecule has 0 aliphatic carbocycles. The number of carbonyl (C=O) groups excluding carboxylic acids is 2. The summed E-state index contributed by atoms with van der Waals surface area (Å²) in [7, 11) is 1.94. The van der Waals surface area contributed by atoms with E-state index in [1.165, 1.54) is 0 Å². The SMILES string of the molecule is CN1CCN(Cc2cc3c(nc2C=O)NCCC3)C(=O)C1. The number of nitrogens with one attached hydrogen (secondary N) is 1. The van der Waals surface area contributed by atoms with Gasteiger partial charge in [0.2, 0.25) is 5.91 Å². The number of aromatic nitrogens is 1. The monoisotopic (exact) mass is 288 g/mol. The van der Waals surface area contributed by atoms with Crippen LogP contribution in [-0.4, -0.2) is 60.2 Å². The molecule has 1 fully saturated rings. The predicted molar refractivity (Wildman–Crippen MR) is 79.3 cm³/mol. The van der Waals surface area contributed by atoms with Crippen LogP contribution in [0.3, 0.4) is 0 Å². The topological polar surface area (TPSA) is 65.5 Å². The molecule has 6 nitrogen and oxygen atoms in total. The Kier molecular flexibility index (Phi) is 3.88. The molecule has 0 atom stereocenters. The van der Waals surface area contributed by atoms with Crippen LogP contribution in [-0.2, 0) is 17.8 Å². The number of fused-ring (bicyclic) bond motifs is 1. The van der Waals surface area contributed by atoms with Crippen LogP contribution in [0.2, 0.25) is 0 Å². The van der Waals surface area contributed by atoms with Crippen molar-refractivity contribution in [1.82, 2.24) is 14.8 Å². The summed E-state index contributed by atoms with van der Waals surface area (Å²) < 4.78 is 0. The largest absolute Gasteiger partial charge is 0.370 e. The number of hydrogen-bond donors (Lipinski definition) is 1. The lowest BCUT2D eigenvalue weighted by molar-refractivity contribution is -0.136. The number of piperazine rings is 1. The van der Waals surface area contributed by atoms with Crippen LogP contribution in [0.15, 0.2) is 6.07 Å². The molecule has 1 aromatic rings. The van der Waals surface area contributed by atoms with Crippen molar-refractivity contribution >= 4 is 18.0 Å². The smallest absolute Gasteiger partial charge is 0.237 e. The van der Waals surface area contributed by atoms with Gasteiger partial charge in [-0.25, -0.2) is 4.98 Å². The Balaban J connectivity index is 1.84. The van der Waals surface area contributed by atoms with Crippen LogP contribution >= 0.6 is 0 Å². The molecule has 1 amide bonds. The molecule has 21 heavy (non-hydrogen) atoms. The van der Waals surface area contributed by atoms with E-state index in [0.29, 0.717) is 25.3 Å². The summed E-state index contributed by atoms with van der Waals surface area (Å²) in [6.45, 7) is 3.37. The number of nitrogens with zero attached hydrogens (tertiary/aromatic N) is 3. The third kappa shape index (κ3) is 2.90. The second-order valence-electron chi connectivity index (χ2n) is 5.74. The highest BCUT2D eigenvalue weighted by Crippen LogP contribution is 2.23. The molecule has 0 bridgehead atoms. The maximum absolute atomic E-state index is 12.1. The number of aryl methyl sites for hydroxylation is 1. The Labute approximate surface area is 124 Å². The molecule has 1 saturated heterocycles. The normalized spacial score (nSPS) is 19.1. The predicted octanol–water partition coefficient (Wildman–Crippen LogP) is 0.526. The van der Waals surface area contributed by atoms with E-state index < -0.39 is 0 Å². The average molecular weight is 288 g/mol. The fraction of sp³-hybridized carbons (Fsp3) is 0.533. The number of likely N-dealkylation sites (N-methyl/N-ethyl adjacent to an activating group) is 1. The lowest BCUT2D eigenvalue weighted by Crippen LogP contribution is -2.48. The van der Waals surface area contributed by atoms with E-state index in [9.17, 15) is 9.59 Å². The minimum atomic E-state index is 0.108. The number of rotatable bonds is 3. The second-order valence-corrected chi connectivity index (χ2v) is 5.74. The summed E-state index contributed by atoms with van der Waals surface area (Å²) in [5.41, 5.74) is 2.43. The molecule has 0 saturated carbocycles. The van der Waals surface area contributed by atoms with Gasteiger partial charge in [-0.05, 0) is 31.5 Å². The zero-order chi connectivity index (χ0) is 14.8. The fourth-order valence-electron chi connectivity index (χ4n) is 2.87. The first-order valence-corrected chi connectivity index (χ1v) is 7.35. The molecule has 3 heterocycles. The minimum absolute atomic E-state index is 0.108. The van der Waals surface area contributed by atoms with E-state index >= 15 is 0 Å². The van der Waals surface area contributed by atoms with Crippen LogP contribution < -0.4 is 5.32 Å². The quantitative estimate of drug-likeness (QED) is 0.822. The number of aldehydes is 1. The molecule has 1 aromatic heterocycles. The molecule has 6 heteroatoms. The fourth-order valence-corrected chi connectivity index (χ4v) is 2.87. The van der Waals surface area contributed by atoms with E-state index in [1.54, 1.807) is 0 Å². The Morgan fingerprint density at radius 3 is 3.05 bits per heavy atom. The van der Waals surface area contributed by atoms with Crippen LogP contribution in [0, 0.1) is 0 Å². The van der Waals surface area contributed by atoms with E-state index in [1.807, 2.05) is 22.9 Å². The Hall–Kier alpha value is -1.95. The van der Waals surface area contributed by atoms with Crippen LogP contribution in [0.4, 0.5) is 5.82 Å². The maximum atomic E-state index is 12.1. The number of anilines is 1. The Morgan fingerprint density at radius 1 is 1.43 bits per heavy atom. The summed E-state index contributed by atoms with van der Waals surface area (Å²) in [4.78, 5) is 31.6. The summed E-state index contributed by atoms with van der Waals surface area (Å²) in [5.74, 6) is 0.924. The van der Waals surface area contributed by atoms with E-state index in [4.69, 9.17) is 0 Å². The van der Waals surface area contributed by atoms with Crippen molar-refractivity contribution in [2.24, 2.45) is 0 Å². The third-order valence-electron chi connectivity index (χ3n) is 4.11. The number of pyridine rings is 1. The van der Waals surface area contributed by atoms with Gasteiger partial charge in [-0.15, -0.1) is 0 Å². The second kappa shape index (κ2) is 5.81. The molecule has 0 radical (unpaired) electrons. The highest BCUT2D eigenvalue weighted by Gasteiger charge is 2.23. The lowest BCUT2D eigenvalue weighted by Gasteiger charge is -2.32. The van der Waals surface area contributed by atoms with Crippen molar-refractivity contribution in [2.75, 3.05) is 38.5 Å². The highest BCUT2D eigenvalue weighted by atomic mass is 16.2. The van der Waals surface area contributed by atoms with Crippen LogP contribution in [0.25, 0.3) is 0 Å². The van der Waals surface area contributed by atoms with Crippen LogP contribution in [0.1, 0.15) is 28.0 Å². The molecule has 112 valence electrons. The standard InChI is InChI=1S/C15H20N4O2/c1-18-5-6-19(14(21)9-18)8-12-7-11-3-2-4-16-15(11)17-13(12)10-20/h7,10H,2-6,8-9H2,1H3,(H,16,17). The van der Waals surface area contributed by atoms with E-state index in [-0.39, 0.29) is 5.91 Å². The van der Waals surface area contributed by atoms with Crippen LogP contribution in [0.5, 0.6) is 0 Å². The molecule has 0 unspecified atom stereocenters. The van der Waals surface area contributed by atoms with Crippen molar-refractivity contribution < 1.29 is 9.59 Å². The van der Waals surface area contributed by atoms with Crippen molar-refractivity contribution in [3.05, 3.63) is 22.9 Å². The number of hydrogen-bond acceptors (Lipinski definition) is 5. The number of amides is 1. The molecule has 2 aliphatic heterocycles. The van der Waals surface area contributed by atoms with Gasteiger partial charge in [0.15, 0.2) is 6.29 Å².